The Kier molecular flexibility index (Phi) is 4.40. The SMILES string of the molecule is NC1(C(=O)NCCC2CCCC2)CCOCC1. The lowest BCUT2D eigenvalue weighted by atomic mass is 9.90. The van der Waals surface area contributed by atoms with E-state index in [0.29, 0.717) is 26.1 Å². The lowest BCUT2D eigenvalue weighted by Gasteiger charge is -2.31. The standard InChI is InChI=1S/C13H24N2O2/c14-13(6-9-17-10-7-13)12(16)15-8-5-11-3-1-2-4-11/h11H,1-10,14H2,(H,15,16). The molecule has 0 aromatic rings. The van der Waals surface area contributed by atoms with E-state index in [9.17, 15) is 4.79 Å². The van der Waals surface area contributed by atoms with Crippen molar-refractivity contribution in [3.63, 3.8) is 0 Å². The minimum Gasteiger partial charge on any atom is -0.381 e. The summed E-state index contributed by atoms with van der Waals surface area (Å²) in [5.74, 6) is 0.831. The van der Waals surface area contributed by atoms with E-state index in [-0.39, 0.29) is 5.91 Å². The maximum absolute atomic E-state index is 12.0. The van der Waals surface area contributed by atoms with Gasteiger partial charge in [0.1, 0.15) is 0 Å². The molecule has 0 spiro atoms. The van der Waals surface area contributed by atoms with Crippen molar-refractivity contribution in [3.05, 3.63) is 0 Å². The zero-order valence-corrected chi connectivity index (χ0v) is 10.5. The molecule has 0 bridgehead atoms. The number of ether oxygens (including phenoxy) is 1. The van der Waals surface area contributed by atoms with E-state index in [1.54, 1.807) is 0 Å². The molecule has 4 nitrogen and oxygen atoms in total. The van der Waals surface area contributed by atoms with E-state index in [1.807, 2.05) is 0 Å². The van der Waals surface area contributed by atoms with Gasteiger partial charge in [0.15, 0.2) is 0 Å². The molecule has 1 heterocycles. The summed E-state index contributed by atoms with van der Waals surface area (Å²) in [6, 6.07) is 0. The number of carbonyl (C=O) groups is 1. The van der Waals surface area contributed by atoms with E-state index in [0.717, 1.165) is 18.9 Å². The van der Waals surface area contributed by atoms with Gasteiger partial charge < -0.3 is 15.8 Å². The molecule has 2 aliphatic rings. The van der Waals surface area contributed by atoms with Gasteiger partial charge in [0.2, 0.25) is 5.91 Å². The van der Waals surface area contributed by atoms with Crippen molar-refractivity contribution in [2.75, 3.05) is 19.8 Å². The molecule has 1 amide bonds. The molecule has 4 heteroatoms. The van der Waals surface area contributed by atoms with Crippen LogP contribution in [-0.4, -0.2) is 31.2 Å². The predicted molar refractivity (Wildman–Crippen MR) is 66.6 cm³/mol. The van der Waals surface area contributed by atoms with E-state index < -0.39 is 5.54 Å². The molecule has 1 saturated heterocycles. The highest BCUT2D eigenvalue weighted by Gasteiger charge is 2.35. The van der Waals surface area contributed by atoms with Crippen LogP contribution in [0.1, 0.15) is 44.9 Å². The summed E-state index contributed by atoms with van der Waals surface area (Å²) < 4.78 is 5.24. The van der Waals surface area contributed by atoms with Gasteiger partial charge in [-0.15, -0.1) is 0 Å². The van der Waals surface area contributed by atoms with Crippen LogP contribution in [0.15, 0.2) is 0 Å². The first kappa shape index (κ1) is 12.8. The van der Waals surface area contributed by atoms with Gasteiger partial charge in [-0.25, -0.2) is 0 Å². The van der Waals surface area contributed by atoms with Crippen LogP contribution >= 0.6 is 0 Å². The lowest BCUT2D eigenvalue weighted by Crippen LogP contribution is -2.57. The maximum atomic E-state index is 12.0. The first-order valence-electron chi connectivity index (χ1n) is 6.86. The molecule has 17 heavy (non-hydrogen) atoms. The first-order valence-corrected chi connectivity index (χ1v) is 6.86. The number of amides is 1. The Bertz CT molecular complexity index is 256. The number of hydrogen-bond acceptors (Lipinski definition) is 3. The Hall–Kier alpha value is -0.610. The predicted octanol–water partition coefficient (Wildman–Crippen LogP) is 1.19. The van der Waals surface area contributed by atoms with Crippen molar-refractivity contribution in [2.24, 2.45) is 11.7 Å². The third-order valence-electron chi connectivity index (χ3n) is 4.15. The molecule has 1 aliphatic heterocycles. The molecule has 0 radical (unpaired) electrons. The van der Waals surface area contributed by atoms with Crippen LogP contribution in [0.2, 0.25) is 0 Å². The normalized spacial score (nSPS) is 24.8. The fourth-order valence-corrected chi connectivity index (χ4v) is 2.83. The van der Waals surface area contributed by atoms with Crippen molar-refractivity contribution < 1.29 is 9.53 Å². The van der Waals surface area contributed by atoms with E-state index in [1.165, 1.54) is 25.7 Å². The third kappa shape index (κ3) is 3.42. The van der Waals surface area contributed by atoms with Crippen molar-refractivity contribution in [2.45, 2.75) is 50.5 Å². The number of rotatable bonds is 4. The largest absolute Gasteiger partial charge is 0.381 e. The molecule has 0 unspecified atom stereocenters. The Morgan fingerprint density at radius 3 is 2.59 bits per heavy atom. The molecule has 0 atom stereocenters. The molecule has 2 fully saturated rings. The number of nitrogens with two attached hydrogens (primary N) is 1. The smallest absolute Gasteiger partial charge is 0.240 e. The molecule has 0 aromatic heterocycles. The molecule has 1 saturated carbocycles. The third-order valence-corrected chi connectivity index (χ3v) is 4.15. The highest BCUT2D eigenvalue weighted by atomic mass is 16.5. The van der Waals surface area contributed by atoms with Gasteiger partial charge in [0, 0.05) is 19.8 Å². The van der Waals surface area contributed by atoms with Gasteiger partial charge in [0.05, 0.1) is 5.54 Å². The van der Waals surface area contributed by atoms with Crippen LogP contribution in [0.25, 0.3) is 0 Å². The zero-order chi connectivity index (χ0) is 12.1. The zero-order valence-electron chi connectivity index (χ0n) is 10.5. The minimum atomic E-state index is -0.687. The summed E-state index contributed by atoms with van der Waals surface area (Å²) in [6.45, 7) is 1.99. The molecule has 2 rings (SSSR count). The van der Waals surface area contributed by atoms with E-state index >= 15 is 0 Å². The van der Waals surface area contributed by atoms with Crippen LogP contribution in [0.5, 0.6) is 0 Å². The summed E-state index contributed by atoms with van der Waals surface area (Å²) in [6.07, 6.45) is 7.77. The van der Waals surface area contributed by atoms with Crippen molar-refractivity contribution in [3.8, 4) is 0 Å². The highest BCUT2D eigenvalue weighted by molar-refractivity contribution is 5.86. The molecular formula is C13H24N2O2. The number of hydrogen-bond donors (Lipinski definition) is 2. The van der Waals surface area contributed by atoms with Crippen LogP contribution in [0.4, 0.5) is 0 Å². The Morgan fingerprint density at radius 1 is 1.29 bits per heavy atom. The Labute approximate surface area is 103 Å². The summed E-state index contributed by atoms with van der Waals surface area (Å²) in [5, 5.41) is 3.00. The average Bonchev–Trinajstić information content (AvgIpc) is 2.83. The Morgan fingerprint density at radius 2 is 1.94 bits per heavy atom. The summed E-state index contributed by atoms with van der Waals surface area (Å²) in [7, 11) is 0. The van der Waals surface area contributed by atoms with Crippen molar-refractivity contribution >= 4 is 5.91 Å². The fraction of sp³-hybridized carbons (Fsp3) is 0.923. The van der Waals surface area contributed by atoms with Gasteiger partial charge in [-0.05, 0) is 25.2 Å². The lowest BCUT2D eigenvalue weighted by molar-refractivity contribution is -0.129. The Balaban J connectivity index is 1.68. The van der Waals surface area contributed by atoms with Gasteiger partial charge >= 0.3 is 0 Å². The molecular weight excluding hydrogens is 216 g/mol. The molecule has 3 N–H and O–H groups in total. The molecule has 98 valence electrons. The van der Waals surface area contributed by atoms with Gasteiger partial charge in [-0.3, -0.25) is 4.79 Å². The van der Waals surface area contributed by atoms with Crippen molar-refractivity contribution in [1.29, 1.82) is 0 Å². The van der Waals surface area contributed by atoms with Crippen LogP contribution in [-0.2, 0) is 9.53 Å². The fourth-order valence-electron chi connectivity index (χ4n) is 2.83. The molecule has 1 aliphatic carbocycles. The first-order chi connectivity index (χ1) is 8.21. The summed E-state index contributed by atoms with van der Waals surface area (Å²) >= 11 is 0. The van der Waals surface area contributed by atoms with Gasteiger partial charge in [-0.2, -0.15) is 0 Å². The van der Waals surface area contributed by atoms with E-state index in [2.05, 4.69) is 5.32 Å². The van der Waals surface area contributed by atoms with E-state index in [4.69, 9.17) is 10.5 Å². The van der Waals surface area contributed by atoms with Crippen LogP contribution in [0.3, 0.4) is 0 Å². The average molecular weight is 240 g/mol. The summed E-state index contributed by atoms with van der Waals surface area (Å²) in [5.41, 5.74) is 5.42. The van der Waals surface area contributed by atoms with Crippen molar-refractivity contribution in [1.82, 2.24) is 5.32 Å². The second-order valence-electron chi connectivity index (χ2n) is 5.46. The number of carbonyl (C=O) groups excluding carboxylic acids is 1. The quantitative estimate of drug-likeness (QED) is 0.776. The van der Waals surface area contributed by atoms with Crippen LogP contribution < -0.4 is 11.1 Å². The second-order valence-corrected chi connectivity index (χ2v) is 5.46. The summed E-state index contributed by atoms with van der Waals surface area (Å²) in [4.78, 5) is 12.0. The number of nitrogens with one attached hydrogen (secondary N) is 1. The topological polar surface area (TPSA) is 64.4 Å². The second kappa shape index (κ2) is 5.83. The van der Waals surface area contributed by atoms with Gasteiger partial charge in [0.25, 0.3) is 0 Å². The van der Waals surface area contributed by atoms with Crippen LogP contribution in [0, 0.1) is 5.92 Å². The van der Waals surface area contributed by atoms with Gasteiger partial charge in [-0.1, -0.05) is 25.7 Å². The molecule has 0 aromatic carbocycles. The monoisotopic (exact) mass is 240 g/mol. The minimum absolute atomic E-state index is 0.0128. The maximum Gasteiger partial charge on any atom is 0.240 e. The highest BCUT2D eigenvalue weighted by Crippen LogP contribution is 2.27.